The summed E-state index contributed by atoms with van der Waals surface area (Å²) in [4.78, 5) is 15.6. The van der Waals surface area contributed by atoms with E-state index in [0.29, 0.717) is 12.4 Å². The second kappa shape index (κ2) is 4.82. The molecule has 0 atom stereocenters. The minimum Gasteiger partial charge on any atom is -0.481 e. The van der Waals surface area contributed by atoms with Crippen LogP contribution in [0.25, 0.3) is 0 Å². The van der Waals surface area contributed by atoms with Crippen LogP contribution in [0, 0.1) is 6.92 Å². The van der Waals surface area contributed by atoms with Crippen molar-refractivity contribution in [3.05, 3.63) is 58.1 Å². The zero-order valence-corrected chi connectivity index (χ0v) is 9.88. The number of hydrogen-bond acceptors (Lipinski definition) is 3. The lowest BCUT2D eigenvalue weighted by molar-refractivity contribution is 0.391. The fourth-order valence-electron chi connectivity index (χ4n) is 1.66. The zero-order chi connectivity index (χ0) is 12.3. The molecule has 1 aromatic heterocycles. The zero-order valence-electron chi connectivity index (χ0n) is 9.88. The van der Waals surface area contributed by atoms with Crippen LogP contribution < -0.4 is 10.4 Å². The molecule has 4 heteroatoms. The SMILES string of the molecule is COc1cc(C)n(Cc2ccccc2)c(=O)n1. The van der Waals surface area contributed by atoms with Crippen molar-refractivity contribution in [1.82, 2.24) is 9.55 Å². The van der Waals surface area contributed by atoms with Crippen LogP contribution >= 0.6 is 0 Å². The molecule has 1 aromatic carbocycles. The van der Waals surface area contributed by atoms with Crippen molar-refractivity contribution in [2.45, 2.75) is 13.5 Å². The quantitative estimate of drug-likeness (QED) is 0.804. The first-order valence-electron chi connectivity index (χ1n) is 5.37. The van der Waals surface area contributed by atoms with Crippen molar-refractivity contribution in [3.63, 3.8) is 0 Å². The number of hydrogen-bond donors (Lipinski definition) is 0. The first kappa shape index (κ1) is 11.4. The van der Waals surface area contributed by atoms with Gasteiger partial charge in [-0.2, -0.15) is 4.98 Å². The second-order valence-electron chi connectivity index (χ2n) is 3.79. The molecule has 4 nitrogen and oxygen atoms in total. The molecule has 2 rings (SSSR count). The average Bonchev–Trinajstić information content (AvgIpc) is 2.35. The highest BCUT2D eigenvalue weighted by molar-refractivity contribution is 5.18. The maximum absolute atomic E-state index is 11.8. The van der Waals surface area contributed by atoms with Gasteiger partial charge in [0.2, 0.25) is 5.88 Å². The molecule has 0 saturated heterocycles. The van der Waals surface area contributed by atoms with E-state index in [2.05, 4.69) is 4.98 Å². The van der Waals surface area contributed by atoms with E-state index in [1.165, 1.54) is 7.11 Å². The first-order chi connectivity index (χ1) is 8.20. The van der Waals surface area contributed by atoms with Crippen molar-refractivity contribution in [3.8, 4) is 5.88 Å². The Hall–Kier alpha value is -2.10. The van der Waals surface area contributed by atoms with Gasteiger partial charge in [-0.05, 0) is 12.5 Å². The Labute approximate surface area is 99.5 Å². The number of aromatic nitrogens is 2. The van der Waals surface area contributed by atoms with Crippen LogP contribution in [-0.4, -0.2) is 16.7 Å². The van der Waals surface area contributed by atoms with Crippen molar-refractivity contribution >= 4 is 0 Å². The Morgan fingerprint density at radius 1 is 1.29 bits per heavy atom. The molecule has 1 heterocycles. The van der Waals surface area contributed by atoms with Gasteiger partial charge in [-0.15, -0.1) is 0 Å². The van der Waals surface area contributed by atoms with Gasteiger partial charge in [-0.1, -0.05) is 30.3 Å². The van der Waals surface area contributed by atoms with Crippen LogP contribution in [0.2, 0.25) is 0 Å². The highest BCUT2D eigenvalue weighted by Crippen LogP contribution is 2.07. The molecular weight excluding hydrogens is 216 g/mol. The van der Waals surface area contributed by atoms with Gasteiger partial charge < -0.3 is 4.74 Å². The topological polar surface area (TPSA) is 44.1 Å². The second-order valence-corrected chi connectivity index (χ2v) is 3.79. The predicted octanol–water partition coefficient (Wildman–Crippen LogP) is 1.61. The molecule has 0 aliphatic heterocycles. The Kier molecular flexibility index (Phi) is 3.23. The largest absolute Gasteiger partial charge is 0.481 e. The van der Waals surface area contributed by atoms with Crippen molar-refractivity contribution in [1.29, 1.82) is 0 Å². The van der Waals surface area contributed by atoms with E-state index < -0.39 is 0 Å². The lowest BCUT2D eigenvalue weighted by Crippen LogP contribution is -2.25. The third kappa shape index (κ3) is 2.53. The van der Waals surface area contributed by atoms with E-state index in [1.54, 1.807) is 10.6 Å². The highest BCUT2D eigenvalue weighted by atomic mass is 16.5. The standard InChI is InChI=1S/C13H14N2O2/c1-10-8-12(17-2)14-13(16)15(10)9-11-6-4-3-5-7-11/h3-8H,9H2,1-2H3. The number of rotatable bonds is 3. The maximum Gasteiger partial charge on any atom is 0.351 e. The average molecular weight is 230 g/mol. The normalized spacial score (nSPS) is 10.2. The number of nitrogens with zero attached hydrogens (tertiary/aromatic N) is 2. The molecule has 0 spiro atoms. The summed E-state index contributed by atoms with van der Waals surface area (Å²) in [7, 11) is 1.50. The Morgan fingerprint density at radius 2 is 2.00 bits per heavy atom. The van der Waals surface area contributed by atoms with E-state index in [1.807, 2.05) is 37.3 Å². The Morgan fingerprint density at radius 3 is 2.59 bits per heavy atom. The summed E-state index contributed by atoms with van der Waals surface area (Å²) in [6, 6.07) is 11.6. The van der Waals surface area contributed by atoms with Crippen LogP contribution in [-0.2, 0) is 6.54 Å². The van der Waals surface area contributed by atoms with Crippen LogP contribution in [0.1, 0.15) is 11.3 Å². The van der Waals surface area contributed by atoms with E-state index in [-0.39, 0.29) is 5.69 Å². The van der Waals surface area contributed by atoms with Gasteiger partial charge in [0, 0.05) is 11.8 Å². The molecule has 0 N–H and O–H groups in total. The molecule has 0 radical (unpaired) electrons. The smallest absolute Gasteiger partial charge is 0.351 e. The minimum atomic E-state index is -0.286. The Balaban J connectivity index is 2.37. The van der Waals surface area contributed by atoms with Gasteiger partial charge in [0.15, 0.2) is 0 Å². The molecular formula is C13H14N2O2. The van der Waals surface area contributed by atoms with Crippen LogP contribution in [0.4, 0.5) is 0 Å². The lowest BCUT2D eigenvalue weighted by atomic mass is 10.2. The minimum absolute atomic E-state index is 0.286. The van der Waals surface area contributed by atoms with Crippen molar-refractivity contribution in [2.75, 3.05) is 7.11 Å². The number of methoxy groups -OCH3 is 1. The van der Waals surface area contributed by atoms with Crippen LogP contribution in [0.15, 0.2) is 41.2 Å². The number of benzene rings is 1. The lowest BCUT2D eigenvalue weighted by Gasteiger charge is -2.10. The maximum atomic E-state index is 11.8. The molecule has 0 bridgehead atoms. The summed E-state index contributed by atoms with van der Waals surface area (Å²) in [6.45, 7) is 2.40. The number of ether oxygens (including phenoxy) is 1. The van der Waals surface area contributed by atoms with Gasteiger partial charge in [0.25, 0.3) is 0 Å². The molecule has 0 aliphatic carbocycles. The fourth-order valence-corrected chi connectivity index (χ4v) is 1.66. The van der Waals surface area contributed by atoms with Gasteiger partial charge in [0.05, 0.1) is 13.7 Å². The summed E-state index contributed by atoms with van der Waals surface area (Å²) in [5.74, 6) is 0.358. The van der Waals surface area contributed by atoms with Crippen molar-refractivity contribution in [2.24, 2.45) is 0 Å². The summed E-state index contributed by atoms with van der Waals surface area (Å²) in [5, 5.41) is 0. The van der Waals surface area contributed by atoms with Crippen molar-refractivity contribution < 1.29 is 4.74 Å². The van der Waals surface area contributed by atoms with Crippen LogP contribution in [0.5, 0.6) is 5.88 Å². The van der Waals surface area contributed by atoms with Gasteiger partial charge in [0.1, 0.15) is 0 Å². The first-order valence-corrected chi connectivity index (χ1v) is 5.37. The molecule has 2 aromatic rings. The Bertz CT molecular complexity index is 561. The van der Waals surface area contributed by atoms with Crippen LogP contribution in [0.3, 0.4) is 0 Å². The van der Waals surface area contributed by atoms with E-state index in [0.717, 1.165) is 11.3 Å². The fraction of sp³-hybridized carbons (Fsp3) is 0.231. The highest BCUT2D eigenvalue weighted by Gasteiger charge is 2.05. The molecule has 0 amide bonds. The molecule has 0 saturated carbocycles. The summed E-state index contributed by atoms with van der Waals surface area (Å²) in [6.07, 6.45) is 0. The summed E-state index contributed by atoms with van der Waals surface area (Å²) in [5.41, 5.74) is 1.63. The summed E-state index contributed by atoms with van der Waals surface area (Å²) < 4.78 is 6.58. The van der Waals surface area contributed by atoms with E-state index in [9.17, 15) is 4.79 Å². The molecule has 0 unspecified atom stereocenters. The van der Waals surface area contributed by atoms with E-state index in [4.69, 9.17) is 4.74 Å². The molecule has 0 fully saturated rings. The summed E-state index contributed by atoms with van der Waals surface area (Å²) >= 11 is 0. The van der Waals surface area contributed by atoms with Gasteiger partial charge >= 0.3 is 5.69 Å². The predicted molar refractivity (Wildman–Crippen MR) is 65.3 cm³/mol. The molecule has 88 valence electrons. The molecule has 17 heavy (non-hydrogen) atoms. The third-order valence-corrected chi connectivity index (χ3v) is 2.59. The monoisotopic (exact) mass is 230 g/mol. The van der Waals surface area contributed by atoms with E-state index >= 15 is 0 Å². The number of aryl methyl sites for hydroxylation is 1. The third-order valence-electron chi connectivity index (χ3n) is 2.59. The van der Waals surface area contributed by atoms with Gasteiger partial charge in [-0.25, -0.2) is 4.79 Å². The van der Waals surface area contributed by atoms with Gasteiger partial charge in [-0.3, -0.25) is 4.57 Å². The molecule has 0 aliphatic rings.